The van der Waals surface area contributed by atoms with Crippen molar-refractivity contribution in [1.29, 1.82) is 0 Å². The van der Waals surface area contributed by atoms with Gasteiger partial charge in [0.15, 0.2) is 0 Å². The summed E-state index contributed by atoms with van der Waals surface area (Å²) >= 11 is 9.95. The van der Waals surface area contributed by atoms with Gasteiger partial charge in [-0.05, 0) is 48.2 Å². The highest BCUT2D eigenvalue weighted by Crippen LogP contribution is 2.28. The Hall–Kier alpha value is -0.0600. The molecular weight excluding hydrogens is 314 g/mol. The number of alkyl halides is 1. The van der Waals surface area contributed by atoms with Gasteiger partial charge in [-0.25, -0.2) is 0 Å². The van der Waals surface area contributed by atoms with E-state index in [9.17, 15) is 0 Å². The van der Waals surface area contributed by atoms with Gasteiger partial charge in [0.2, 0.25) is 0 Å². The molecule has 2 atom stereocenters. The summed E-state index contributed by atoms with van der Waals surface area (Å²) in [6.45, 7) is 3.87. The van der Waals surface area contributed by atoms with Crippen molar-refractivity contribution in [3.8, 4) is 0 Å². The van der Waals surface area contributed by atoms with Crippen LogP contribution < -0.4 is 5.32 Å². The maximum Gasteiger partial charge on any atom is 0.0739 e. The Kier molecular flexibility index (Phi) is 5.10. The number of hydrogen-bond donors (Lipinski definition) is 1. The summed E-state index contributed by atoms with van der Waals surface area (Å²) < 4.78 is 3.05. The van der Waals surface area contributed by atoms with Crippen LogP contribution in [0.2, 0.25) is 0 Å². The Labute approximate surface area is 122 Å². The zero-order valence-corrected chi connectivity index (χ0v) is 13.4. The fourth-order valence-electron chi connectivity index (χ4n) is 2.64. The first-order chi connectivity index (χ1) is 8.59. The molecule has 2 rings (SSSR count). The minimum Gasteiger partial charge on any atom is -0.311 e. The van der Waals surface area contributed by atoms with Crippen LogP contribution in [-0.2, 0) is 13.6 Å². The standard InChI is InChI=1S/C13H21BrClN3/c1-9-13(14)12(18(2)17-9)8-16-7-10-5-3-4-6-11(10)15/h10-11,16H,3-8H2,1-2H3. The van der Waals surface area contributed by atoms with E-state index in [1.165, 1.54) is 31.4 Å². The van der Waals surface area contributed by atoms with Crippen molar-refractivity contribution in [2.75, 3.05) is 6.54 Å². The second-order valence-corrected chi connectivity index (χ2v) is 6.51. The molecule has 1 aliphatic carbocycles. The molecule has 1 heterocycles. The molecule has 18 heavy (non-hydrogen) atoms. The van der Waals surface area contributed by atoms with Crippen LogP contribution >= 0.6 is 27.5 Å². The topological polar surface area (TPSA) is 29.9 Å². The summed E-state index contributed by atoms with van der Waals surface area (Å²) in [5.41, 5.74) is 2.25. The molecule has 0 aromatic carbocycles. The van der Waals surface area contributed by atoms with Crippen LogP contribution in [0.25, 0.3) is 0 Å². The molecule has 3 nitrogen and oxygen atoms in total. The lowest BCUT2D eigenvalue weighted by Crippen LogP contribution is -2.31. The SMILES string of the molecule is Cc1nn(C)c(CNCC2CCCCC2Cl)c1Br. The van der Waals surface area contributed by atoms with Gasteiger partial charge >= 0.3 is 0 Å². The molecule has 102 valence electrons. The van der Waals surface area contributed by atoms with Gasteiger partial charge < -0.3 is 5.32 Å². The molecule has 1 fully saturated rings. The lowest BCUT2D eigenvalue weighted by molar-refractivity contribution is 0.347. The Balaban J connectivity index is 1.84. The monoisotopic (exact) mass is 333 g/mol. The Bertz CT molecular complexity index is 405. The predicted molar refractivity (Wildman–Crippen MR) is 79.0 cm³/mol. The molecular formula is C13H21BrClN3. The summed E-state index contributed by atoms with van der Waals surface area (Å²) in [5, 5.41) is 8.27. The van der Waals surface area contributed by atoms with E-state index in [0.29, 0.717) is 11.3 Å². The first-order valence-corrected chi connectivity index (χ1v) is 7.85. The van der Waals surface area contributed by atoms with Crippen molar-refractivity contribution in [1.82, 2.24) is 15.1 Å². The van der Waals surface area contributed by atoms with Crippen molar-refractivity contribution in [3.63, 3.8) is 0 Å². The average molecular weight is 335 g/mol. The summed E-state index contributed by atoms with van der Waals surface area (Å²) in [6, 6.07) is 0. The van der Waals surface area contributed by atoms with E-state index in [1.54, 1.807) is 0 Å². The average Bonchev–Trinajstić information content (AvgIpc) is 2.58. The van der Waals surface area contributed by atoms with Crippen LogP contribution in [0.3, 0.4) is 0 Å². The van der Waals surface area contributed by atoms with Crippen molar-refractivity contribution >= 4 is 27.5 Å². The molecule has 1 aromatic heterocycles. The van der Waals surface area contributed by atoms with Crippen molar-refractivity contribution in [2.24, 2.45) is 13.0 Å². The number of nitrogens with one attached hydrogen (secondary N) is 1. The van der Waals surface area contributed by atoms with E-state index < -0.39 is 0 Å². The van der Waals surface area contributed by atoms with Gasteiger partial charge in [0.25, 0.3) is 0 Å². The number of halogens is 2. The molecule has 0 saturated heterocycles. The van der Waals surface area contributed by atoms with Crippen LogP contribution in [0.5, 0.6) is 0 Å². The van der Waals surface area contributed by atoms with Gasteiger partial charge in [0, 0.05) is 19.0 Å². The Morgan fingerprint density at radius 1 is 1.44 bits per heavy atom. The van der Waals surface area contributed by atoms with Gasteiger partial charge in [0.1, 0.15) is 0 Å². The second kappa shape index (κ2) is 6.40. The highest BCUT2D eigenvalue weighted by molar-refractivity contribution is 9.10. The normalized spacial score (nSPS) is 24.4. The van der Waals surface area contributed by atoms with Gasteiger partial charge in [0.05, 0.1) is 15.9 Å². The quantitative estimate of drug-likeness (QED) is 0.856. The molecule has 1 N–H and O–H groups in total. The molecule has 1 aromatic rings. The molecule has 2 unspecified atom stereocenters. The highest BCUT2D eigenvalue weighted by Gasteiger charge is 2.22. The molecule has 0 aliphatic heterocycles. The van der Waals surface area contributed by atoms with E-state index >= 15 is 0 Å². The number of aryl methyl sites for hydroxylation is 2. The maximum atomic E-state index is 6.36. The third kappa shape index (κ3) is 3.28. The maximum absolute atomic E-state index is 6.36. The predicted octanol–water partition coefficient (Wildman–Crippen LogP) is 3.38. The fourth-order valence-corrected chi connectivity index (χ4v) is 3.49. The van der Waals surface area contributed by atoms with Gasteiger partial charge in [-0.2, -0.15) is 5.10 Å². The molecule has 5 heteroatoms. The first-order valence-electron chi connectivity index (χ1n) is 6.62. The zero-order chi connectivity index (χ0) is 13.1. The third-order valence-corrected chi connectivity index (χ3v) is 5.38. The molecule has 1 aliphatic rings. The number of nitrogens with zero attached hydrogens (tertiary/aromatic N) is 2. The largest absolute Gasteiger partial charge is 0.311 e. The first kappa shape index (κ1) is 14.4. The molecule has 0 radical (unpaired) electrons. The van der Waals surface area contributed by atoms with E-state index in [-0.39, 0.29) is 0 Å². The van der Waals surface area contributed by atoms with E-state index in [1.807, 2.05) is 18.7 Å². The van der Waals surface area contributed by atoms with Crippen LogP contribution in [0.1, 0.15) is 37.1 Å². The fraction of sp³-hybridized carbons (Fsp3) is 0.769. The van der Waals surface area contributed by atoms with Crippen LogP contribution in [0.15, 0.2) is 4.47 Å². The Morgan fingerprint density at radius 3 is 2.78 bits per heavy atom. The molecule has 0 bridgehead atoms. The number of rotatable bonds is 4. The molecule has 0 amide bonds. The minimum atomic E-state index is 0.350. The van der Waals surface area contributed by atoms with E-state index in [0.717, 1.165) is 23.3 Å². The third-order valence-electron chi connectivity index (χ3n) is 3.78. The number of aromatic nitrogens is 2. The second-order valence-electron chi connectivity index (χ2n) is 5.16. The van der Waals surface area contributed by atoms with Crippen molar-refractivity contribution in [2.45, 2.75) is 44.5 Å². The zero-order valence-electron chi connectivity index (χ0n) is 11.0. The summed E-state index contributed by atoms with van der Waals surface area (Å²) in [4.78, 5) is 0. The Morgan fingerprint density at radius 2 is 2.17 bits per heavy atom. The summed E-state index contributed by atoms with van der Waals surface area (Å²) in [7, 11) is 1.99. The van der Waals surface area contributed by atoms with Gasteiger partial charge in [-0.15, -0.1) is 11.6 Å². The lowest BCUT2D eigenvalue weighted by Gasteiger charge is -2.27. The van der Waals surface area contributed by atoms with E-state index in [2.05, 4.69) is 26.3 Å². The summed E-state index contributed by atoms with van der Waals surface area (Å²) in [6.07, 6.45) is 5.04. The van der Waals surface area contributed by atoms with Crippen molar-refractivity contribution < 1.29 is 0 Å². The highest BCUT2D eigenvalue weighted by atomic mass is 79.9. The smallest absolute Gasteiger partial charge is 0.0739 e. The van der Waals surface area contributed by atoms with Crippen LogP contribution in [0.4, 0.5) is 0 Å². The van der Waals surface area contributed by atoms with E-state index in [4.69, 9.17) is 11.6 Å². The van der Waals surface area contributed by atoms with Crippen LogP contribution in [-0.4, -0.2) is 21.7 Å². The molecule has 0 spiro atoms. The minimum absolute atomic E-state index is 0.350. The van der Waals surface area contributed by atoms with Crippen molar-refractivity contribution in [3.05, 3.63) is 15.9 Å². The van der Waals surface area contributed by atoms with Gasteiger partial charge in [-0.3, -0.25) is 4.68 Å². The number of hydrogen-bond acceptors (Lipinski definition) is 2. The molecule has 1 saturated carbocycles. The van der Waals surface area contributed by atoms with Crippen LogP contribution in [0, 0.1) is 12.8 Å². The summed E-state index contributed by atoms with van der Waals surface area (Å²) in [5.74, 6) is 0.619. The van der Waals surface area contributed by atoms with Gasteiger partial charge in [-0.1, -0.05) is 12.8 Å². The lowest BCUT2D eigenvalue weighted by atomic mass is 9.89.